The summed E-state index contributed by atoms with van der Waals surface area (Å²) in [7, 11) is -1.95. The first-order valence-electron chi connectivity index (χ1n) is 10.3. The van der Waals surface area contributed by atoms with Crippen LogP contribution in [0.2, 0.25) is 18.1 Å². The van der Waals surface area contributed by atoms with Gasteiger partial charge in [0.05, 0.1) is 16.6 Å². The SMILES string of the molecule is CC(C)[C@@H]1CSC(=S)N1C(=O)[C@H](CC1SCCS1)[C@@H](C)O[Si](C)(C)C(C)(C)C. The number of hydrogen-bond donors (Lipinski definition) is 0. The fourth-order valence-corrected chi connectivity index (χ4v) is 9.36. The summed E-state index contributed by atoms with van der Waals surface area (Å²) >= 11 is 11.2. The van der Waals surface area contributed by atoms with Gasteiger partial charge in [-0.15, -0.1) is 23.5 Å². The lowest BCUT2D eigenvalue weighted by Crippen LogP contribution is -2.51. The molecule has 0 radical (unpaired) electrons. The van der Waals surface area contributed by atoms with Crippen LogP contribution in [0.1, 0.15) is 48.0 Å². The Balaban J connectivity index is 2.25. The topological polar surface area (TPSA) is 29.5 Å². The number of carbonyl (C=O) groups excluding carboxylic acids is 1. The molecular formula is C20H37NO2S4Si. The Labute approximate surface area is 191 Å². The summed E-state index contributed by atoms with van der Waals surface area (Å²) in [5.41, 5.74) is 0. The van der Waals surface area contributed by atoms with Gasteiger partial charge in [-0.25, -0.2) is 0 Å². The minimum atomic E-state index is -1.95. The van der Waals surface area contributed by atoms with Gasteiger partial charge in [0.15, 0.2) is 8.32 Å². The molecule has 2 fully saturated rings. The van der Waals surface area contributed by atoms with Crippen LogP contribution in [0.15, 0.2) is 0 Å². The molecular weight excluding hydrogens is 443 g/mol. The van der Waals surface area contributed by atoms with Gasteiger partial charge in [-0.05, 0) is 37.4 Å². The number of carbonyl (C=O) groups is 1. The maximum atomic E-state index is 13.8. The number of nitrogens with zero attached hydrogens (tertiary/aromatic N) is 1. The summed E-state index contributed by atoms with van der Waals surface area (Å²) in [4.78, 5) is 15.7. The van der Waals surface area contributed by atoms with E-state index in [0.29, 0.717) is 10.5 Å². The van der Waals surface area contributed by atoms with E-state index in [2.05, 4.69) is 54.6 Å². The van der Waals surface area contributed by atoms with Crippen LogP contribution in [0.3, 0.4) is 0 Å². The monoisotopic (exact) mass is 479 g/mol. The molecule has 28 heavy (non-hydrogen) atoms. The molecule has 2 saturated heterocycles. The molecule has 3 atom stereocenters. The van der Waals surface area contributed by atoms with Crippen molar-refractivity contribution in [2.45, 2.75) is 82.8 Å². The Morgan fingerprint density at radius 2 is 1.82 bits per heavy atom. The number of thiocarbonyl (C=S) groups is 1. The highest BCUT2D eigenvalue weighted by molar-refractivity contribution is 8.23. The molecule has 2 aliphatic heterocycles. The van der Waals surface area contributed by atoms with Gasteiger partial charge in [0.2, 0.25) is 5.91 Å². The minimum absolute atomic E-state index is 0.0867. The summed E-state index contributed by atoms with van der Waals surface area (Å²) in [5.74, 6) is 3.74. The van der Waals surface area contributed by atoms with E-state index in [-0.39, 0.29) is 29.0 Å². The van der Waals surface area contributed by atoms with Crippen LogP contribution in [-0.4, -0.2) is 57.4 Å². The second-order valence-electron chi connectivity index (χ2n) is 9.69. The van der Waals surface area contributed by atoms with Crippen LogP contribution in [0, 0.1) is 11.8 Å². The van der Waals surface area contributed by atoms with Gasteiger partial charge in [-0.2, -0.15) is 0 Å². The Morgan fingerprint density at radius 1 is 1.25 bits per heavy atom. The van der Waals surface area contributed by atoms with Gasteiger partial charge in [0.25, 0.3) is 0 Å². The molecule has 0 saturated carbocycles. The standard InChI is InChI=1S/C20H37NO2S4Si/c1-13(2)16-12-27-19(24)21(16)18(22)15(11-17-25-9-10-26-17)14(3)23-28(7,8)20(4,5)6/h13-17H,9-12H2,1-8H3/t14-,15-,16+/m1/s1. The Bertz CT molecular complexity index is 573. The van der Waals surface area contributed by atoms with Crippen LogP contribution >= 0.6 is 47.5 Å². The average molecular weight is 480 g/mol. The Morgan fingerprint density at radius 3 is 2.32 bits per heavy atom. The molecule has 1 amide bonds. The zero-order valence-corrected chi connectivity index (χ0v) is 22.9. The molecule has 0 unspecified atom stereocenters. The van der Waals surface area contributed by atoms with Crippen molar-refractivity contribution in [3.05, 3.63) is 0 Å². The molecule has 8 heteroatoms. The molecule has 0 aromatic heterocycles. The molecule has 0 N–H and O–H groups in total. The molecule has 2 rings (SSSR count). The van der Waals surface area contributed by atoms with E-state index in [1.165, 1.54) is 11.5 Å². The summed E-state index contributed by atoms with van der Waals surface area (Å²) < 4.78 is 7.95. The molecule has 2 aliphatic rings. The second-order valence-corrected chi connectivity index (χ2v) is 19.0. The smallest absolute Gasteiger partial charge is 0.234 e. The highest BCUT2D eigenvalue weighted by atomic mass is 32.2. The number of amides is 1. The average Bonchev–Trinajstić information content (AvgIpc) is 3.19. The maximum absolute atomic E-state index is 13.8. The van der Waals surface area contributed by atoms with E-state index in [1.807, 2.05) is 28.4 Å². The van der Waals surface area contributed by atoms with E-state index in [1.54, 1.807) is 11.8 Å². The maximum Gasteiger partial charge on any atom is 0.234 e. The summed E-state index contributed by atoms with van der Waals surface area (Å²) in [6.45, 7) is 17.8. The van der Waals surface area contributed by atoms with Crippen molar-refractivity contribution in [3.8, 4) is 0 Å². The number of hydrogen-bond acceptors (Lipinski definition) is 6. The van der Waals surface area contributed by atoms with Gasteiger partial charge in [-0.3, -0.25) is 9.69 Å². The van der Waals surface area contributed by atoms with Crippen LogP contribution in [0.25, 0.3) is 0 Å². The van der Waals surface area contributed by atoms with Gasteiger partial charge >= 0.3 is 0 Å². The van der Waals surface area contributed by atoms with E-state index in [0.717, 1.165) is 16.5 Å². The molecule has 3 nitrogen and oxygen atoms in total. The molecule has 0 bridgehead atoms. The van der Waals surface area contributed by atoms with Crippen LogP contribution in [0.4, 0.5) is 0 Å². The van der Waals surface area contributed by atoms with E-state index in [4.69, 9.17) is 16.6 Å². The van der Waals surface area contributed by atoms with E-state index >= 15 is 0 Å². The highest BCUT2D eigenvalue weighted by Gasteiger charge is 2.45. The zero-order valence-electron chi connectivity index (χ0n) is 18.6. The molecule has 2 heterocycles. The fraction of sp³-hybridized carbons (Fsp3) is 0.900. The molecule has 0 spiro atoms. The second kappa shape index (κ2) is 9.94. The summed E-state index contributed by atoms with van der Waals surface area (Å²) in [6, 6.07) is 0.205. The van der Waals surface area contributed by atoms with Gasteiger partial charge in [0, 0.05) is 23.3 Å². The lowest BCUT2D eigenvalue weighted by atomic mass is 9.96. The van der Waals surface area contributed by atoms with Crippen molar-refractivity contribution in [2.24, 2.45) is 11.8 Å². The Hall–Kier alpha value is 0.787. The number of rotatable bonds is 7. The normalized spacial score (nSPS) is 24.2. The first-order chi connectivity index (χ1) is 12.8. The molecule has 0 aliphatic carbocycles. The zero-order chi connectivity index (χ0) is 21.3. The van der Waals surface area contributed by atoms with Gasteiger partial charge in [-0.1, -0.05) is 58.6 Å². The molecule has 162 valence electrons. The van der Waals surface area contributed by atoms with E-state index < -0.39 is 8.32 Å². The van der Waals surface area contributed by atoms with Gasteiger partial charge < -0.3 is 4.43 Å². The van der Waals surface area contributed by atoms with E-state index in [9.17, 15) is 4.79 Å². The quantitative estimate of drug-likeness (QED) is 0.324. The van der Waals surface area contributed by atoms with Gasteiger partial charge in [0.1, 0.15) is 4.32 Å². The lowest BCUT2D eigenvalue weighted by Gasteiger charge is -2.41. The molecule has 0 aromatic carbocycles. The molecule has 0 aromatic rings. The van der Waals surface area contributed by atoms with Crippen molar-refractivity contribution < 1.29 is 9.22 Å². The Kier molecular flexibility index (Phi) is 8.89. The first-order valence-corrected chi connectivity index (χ1v) is 16.7. The van der Waals surface area contributed by atoms with Crippen LogP contribution < -0.4 is 0 Å². The summed E-state index contributed by atoms with van der Waals surface area (Å²) in [5, 5.41) is 0.130. The van der Waals surface area contributed by atoms with Crippen molar-refractivity contribution >= 4 is 66.0 Å². The van der Waals surface area contributed by atoms with Crippen LogP contribution in [-0.2, 0) is 9.22 Å². The third kappa shape index (κ3) is 5.93. The van der Waals surface area contributed by atoms with Crippen molar-refractivity contribution in [1.82, 2.24) is 4.90 Å². The van der Waals surface area contributed by atoms with Crippen molar-refractivity contribution in [2.75, 3.05) is 17.3 Å². The number of thioether (sulfide) groups is 3. The largest absolute Gasteiger partial charge is 0.413 e. The predicted octanol–water partition coefficient (Wildman–Crippen LogP) is 6.09. The highest BCUT2D eigenvalue weighted by Crippen LogP contribution is 2.42. The van der Waals surface area contributed by atoms with Crippen LogP contribution in [0.5, 0.6) is 0 Å². The summed E-state index contributed by atoms with van der Waals surface area (Å²) in [6.07, 6.45) is 0.787. The third-order valence-corrected chi connectivity index (χ3v) is 15.4. The first kappa shape index (κ1) is 25.1. The third-order valence-electron chi connectivity index (χ3n) is 6.22. The fourth-order valence-electron chi connectivity index (χ4n) is 3.33. The lowest BCUT2D eigenvalue weighted by molar-refractivity contribution is -0.136. The van der Waals surface area contributed by atoms with Crippen molar-refractivity contribution in [1.29, 1.82) is 0 Å². The van der Waals surface area contributed by atoms with Crippen molar-refractivity contribution in [3.63, 3.8) is 0 Å². The predicted molar refractivity (Wildman–Crippen MR) is 135 cm³/mol. The minimum Gasteiger partial charge on any atom is -0.413 e.